The highest BCUT2D eigenvalue weighted by Crippen LogP contribution is 2.58. The Morgan fingerprint density at radius 1 is 1.18 bits per heavy atom. The van der Waals surface area contributed by atoms with Crippen LogP contribution in [0.15, 0.2) is 71.5 Å². The third-order valence-corrected chi connectivity index (χ3v) is 6.83. The molecule has 2 aliphatic heterocycles. The fourth-order valence-electron chi connectivity index (χ4n) is 5.47. The van der Waals surface area contributed by atoms with Crippen LogP contribution in [0.4, 0.5) is 0 Å². The number of hydrogen-bond acceptors (Lipinski definition) is 7. The molecule has 2 aliphatic carbocycles. The number of ether oxygens (including phenoxy) is 5. The Morgan fingerprint density at radius 2 is 2.06 bits per heavy atom. The molecule has 0 bridgehead atoms. The minimum Gasteiger partial charge on any atom is -0.468 e. The molecule has 1 spiro atoms. The van der Waals surface area contributed by atoms with Crippen molar-refractivity contribution in [2.24, 2.45) is 0 Å². The Kier molecular flexibility index (Phi) is 4.71. The Bertz CT molecular complexity index is 1350. The summed E-state index contributed by atoms with van der Waals surface area (Å²) in [7, 11) is 1.37. The van der Waals surface area contributed by atoms with Crippen LogP contribution >= 0.6 is 0 Å². The topological polar surface area (TPSA) is 87.0 Å². The number of allylic oxidation sites excluding steroid dienone is 2. The molecule has 1 saturated heterocycles. The van der Waals surface area contributed by atoms with E-state index in [1.165, 1.54) is 7.11 Å². The number of carbonyl (C=O) groups excluding carboxylic acids is 1. The van der Waals surface area contributed by atoms with Gasteiger partial charge in [-0.1, -0.05) is 36.4 Å². The summed E-state index contributed by atoms with van der Waals surface area (Å²) in [5.74, 6) is 1.20. The summed E-state index contributed by atoms with van der Waals surface area (Å²) in [6.07, 6.45) is 6.36. The Morgan fingerprint density at radius 3 is 2.91 bits per heavy atom. The van der Waals surface area contributed by atoms with Gasteiger partial charge in [0.2, 0.25) is 6.79 Å². The lowest BCUT2D eigenvalue weighted by Crippen LogP contribution is -2.39. The summed E-state index contributed by atoms with van der Waals surface area (Å²) in [6, 6.07) is 14.0. The summed E-state index contributed by atoms with van der Waals surface area (Å²) in [4.78, 5) is 13.2. The Balaban J connectivity index is 1.65. The first kappa shape index (κ1) is 20.6. The molecule has 2 aromatic carbocycles. The molecule has 2 aromatic rings. The van der Waals surface area contributed by atoms with Crippen molar-refractivity contribution >= 4 is 5.97 Å². The van der Waals surface area contributed by atoms with Gasteiger partial charge in [-0.15, -0.1) is 0 Å². The zero-order valence-electron chi connectivity index (χ0n) is 18.5. The first-order valence-electron chi connectivity index (χ1n) is 11.1. The van der Waals surface area contributed by atoms with E-state index >= 15 is 0 Å². The molecule has 6 rings (SSSR count). The van der Waals surface area contributed by atoms with Crippen LogP contribution in [0.1, 0.15) is 29.9 Å². The minimum absolute atomic E-state index is 0.0714. The van der Waals surface area contributed by atoms with E-state index in [9.17, 15) is 10.1 Å². The molecule has 0 aromatic heterocycles. The molecule has 0 amide bonds. The fraction of sp³-hybridized carbons (Fsp3) is 0.259. The second kappa shape index (κ2) is 7.79. The van der Waals surface area contributed by atoms with Gasteiger partial charge in [-0.25, -0.2) is 4.79 Å². The average Bonchev–Trinajstić information content (AvgIpc) is 3.52. The van der Waals surface area contributed by atoms with Gasteiger partial charge in [-0.3, -0.25) is 0 Å². The van der Waals surface area contributed by atoms with Crippen molar-refractivity contribution in [3.05, 3.63) is 82.7 Å². The number of methoxy groups -OCH3 is 1. The molecular formula is C27H21NO6. The first-order chi connectivity index (χ1) is 16.7. The average molecular weight is 455 g/mol. The molecule has 0 N–H and O–H groups in total. The van der Waals surface area contributed by atoms with Crippen molar-refractivity contribution < 1.29 is 28.5 Å². The molecule has 2 atom stereocenters. The van der Waals surface area contributed by atoms with Gasteiger partial charge in [0, 0.05) is 23.5 Å². The van der Waals surface area contributed by atoms with Gasteiger partial charge in [0.1, 0.15) is 5.76 Å². The van der Waals surface area contributed by atoms with Crippen molar-refractivity contribution in [1.82, 2.24) is 0 Å². The van der Waals surface area contributed by atoms with E-state index in [1.807, 2.05) is 54.6 Å². The summed E-state index contributed by atoms with van der Waals surface area (Å²) >= 11 is 0. The highest BCUT2D eigenvalue weighted by molar-refractivity contribution is 5.95. The Labute approximate surface area is 196 Å². The molecule has 2 unspecified atom stereocenters. The molecule has 0 saturated carbocycles. The maximum Gasteiger partial charge on any atom is 0.334 e. The quantitative estimate of drug-likeness (QED) is 0.623. The first-order valence-corrected chi connectivity index (χ1v) is 11.1. The SMILES string of the molecule is COC(=O)C1=C2C=CC=C3OCOC32c2cccc(-c3ccc4c(c3)OCO4)c2C1CCC#N. The van der Waals surface area contributed by atoms with Crippen molar-refractivity contribution in [3.63, 3.8) is 0 Å². The van der Waals surface area contributed by atoms with Gasteiger partial charge in [-0.2, -0.15) is 5.26 Å². The lowest BCUT2D eigenvalue weighted by Gasteiger charge is -2.41. The van der Waals surface area contributed by atoms with Crippen LogP contribution in [0.2, 0.25) is 0 Å². The zero-order valence-corrected chi connectivity index (χ0v) is 18.5. The number of rotatable bonds is 4. The molecule has 1 fully saturated rings. The predicted molar refractivity (Wildman–Crippen MR) is 121 cm³/mol. The van der Waals surface area contributed by atoms with Gasteiger partial charge >= 0.3 is 5.97 Å². The van der Waals surface area contributed by atoms with Crippen LogP contribution in [0.5, 0.6) is 11.5 Å². The van der Waals surface area contributed by atoms with Crippen molar-refractivity contribution in [1.29, 1.82) is 5.26 Å². The second-order valence-corrected chi connectivity index (χ2v) is 8.38. The Hall–Kier alpha value is -4.02. The van der Waals surface area contributed by atoms with E-state index in [0.29, 0.717) is 34.8 Å². The van der Waals surface area contributed by atoms with Gasteiger partial charge in [0.05, 0.1) is 18.8 Å². The number of fused-ring (bicyclic) bond motifs is 2. The van der Waals surface area contributed by atoms with Crippen molar-refractivity contribution in [3.8, 4) is 28.7 Å². The van der Waals surface area contributed by atoms with E-state index in [2.05, 4.69) is 6.07 Å². The van der Waals surface area contributed by atoms with Gasteiger partial charge in [0.15, 0.2) is 23.9 Å². The lowest BCUT2D eigenvalue weighted by atomic mass is 9.65. The summed E-state index contributed by atoms with van der Waals surface area (Å²) in [5, 5.41) is 9.42. The van der Waals surface area contributed by atoms with E-state index in [0.717, 1.165) is 22.3 Å². The van der Waals surface area contributed by atoms with Crippen LogP contribution in [0.3, 0.4) is 0 Å². The van der Waals surface area contributed by atoms with Crippen LogP contribution in [-0.4, -0.2) is 26.7 Å². The van der Waals surface area contributed by atoms with Gasteiger partial charge in [-0.05, 0) is 41.3 Å². The number of nitrogens with zero attached hydrogens (tertiary/aromatic N) is 1. The predicted octanol–water partition coefficient (Wildman–Crippen LogP) is 4.61. The molecule has 7 nitrogen and oxygen atoms in total. The molecule has 34 heavy (non-hydrogen) atoms. The van der Waals surface area contributed by atoms with E-state index in [4.69, 9.17) is 23.7 Å². The molecule has 2 heterocycles. The maximum absolute atomic E-state index is 13.2. The van der Waals surface area contributed by atoms with Crippen LogP contribution in [-0.2, 0) is 24.6 Å². The fourth-order valence-corrected chi connectivity index (χ4v) is 5.47. The molecular weight excluding hydrogens is 434 g/mol. The minimum atomic E-state index is -1.04. The van der Waals surface area contributed by atoms with Crippen molar-refractivity contribution in [2.75, 3.05) is 20.7 Å². The highest BCUT2D eigenvalue weighted by Gasteiger charge is 2.55. The van der Waals surface area contributed by atoms with Gasteiger partial charge < -0.3 is 23.7 Å². The van der Waals surface area contributed by atoms with Crippen LogP contribution in [0, 0.1) is 11.3 Å². The number of carbonyl (C=O) groups is 1. The summed E-state index contributed by atoms with van der Waals surface area (Å²) in [5.41, 5.74) is 3.83. The number of benzene rings is 2. The molecule has 170 valence electrons. The van der Waals surface area contributed by atoms with E-state index in [-0.39, 0.29) is 25.9 Å². The summed E-state index contributed by atoms with van der Waals surface area (Å²) < 4.78 is 28.5. The standard InChI is InChI=1S/C27H21NO6/c1-30-26(29)25-18(6-4-12-28)24-17(16-10-11-21-22(13-16)32-14-31-21)5-2-7-19(24)27-20(25)8-3-9-23(27)33-15-34-27/h2-3,5,7-11,13,18H,4,6,14-15H2,1H3. The van der Waals surface area contributed by atoms with Gasteiger partial charge in [0.25, 0.3) is 0 Å². The maximum atomic E-state index is 13.2. The number of esters is 1. The number of hydrogen-bond donors (Lipinski definition) is 0. The molecule has 7 heteroatoms. The highest BCUT2D eigenvalue weighted by atomic mass is 16.7. The van der Waals surface area contributed by atoms with E-state index in [1.54, 1.807) is 0 Å². The summed E-state index contributed by atoms with van der Waals surface area (Å²) in [6.45, 7) is 0.256. The second-order valence-electron chi connectivity index (χ2n) is 8.38. The normalized spacial score (nSPS) is 23.3. The monoisotopic (exact) mass is 455 g/mol. The lowest BCUT2D eigenvalue weighted by molar-refractivity contribution is -0.136. The van der Waals surface area contributed by atoms with Crippen molar-refractivity contribution in [2.45, 2.75) is 24.4 Å². The third kappa shape index (κ3) is 2.76. The van der Waals surface area contributed by atoms with E-state index < -0.39 is 11.6 Å². The molecule has 0 radical (unpaired) electrons. The zero-order chi connectivity index (χ0) is 23.3. The smallest absolute Gasteiger partial charge is 0.334 e. The number of nitriles is 1. The largest absolute Gasteiger partial charge is 0.468 e. The molecule has 4 aliphatic rings. The van der Waals surface area contributed by atoms with Crippen LogP contribution < -0.4 is 9.47 Å². The third-order valence-electron chi connectivity index (χ3n) is 6.83. The van der Waals surface area contributed by atoms with Crippen LogP contribution in [0.25, 0.3) is 11.1 Å².